The molecular formula is C21H29N3O6S. The first kappa shape index (κ1) is 23.1. The molecule has 1 N–H and O–H groups in total. The summed E-state index contributed by atoms with van der Waals surface area (Å²) in [6.07, 6.45) is 0.601. The van der Waals surface area contributed by atoms with Gasteiger partial charge in [0.1, 0.15) is 0 Å². The zero-order valence-corrected chi connectivity index (χ0v) is 18.6. The fourth-order valence-electron chi connectivity index (χ4n) is 3.95. The molecule has 0 saturated carbocycles. The van der Waals surface area contributed by atoms with Gasteiger partial charge in [-0.1, -0.05) is 18.2 Å². The first-order valence-electron chi connectivity index (χ1n) is 10.4. The van der Waals surface area contributed by atoms with Gasteiger partial charge in [0.25, 0.3) is 5.91 Å². The zero-order valence-electron chi connectivity index (χ0n) is 17.8. The minimum atomic E-state index is -3.12. The molecule has 3 rings (SSSR count). The summed E-state index contributed by atoms with van der Waals surface area (Å²) in [7, 11) is -1.59. The third kappa shape index (κ3) is 5.96. The maximum atomic E-state index is 12.6. The van der Waals surface area contributed by atoms with Crippen molar-refractivity contribution >= 4 is 33.4 Å². The molecule has 2 heterocycles. The number of piperidine rings is 1. The molecule has 0 unspecified atom stereocenters. The van der Waals surface area contributed by atoms with Crippen LogP contribution in [-0.2, 0) is 24.2 Å². The molecule has 1 aromatic rings. The number of para-hydroxylation sites is 1. The van der Waals surface area contributed by atoms with Crippen molar-refractivity contribution in [2.45, 2.75) is 38.3 Å². The van der Waals surface area contributed by atoms with E-state index < -0.39 is 39.8 Å². The van der Waals surface area contributed by atoms with Crippen LogP contribution in [0.5, 0.6) is 0 Å². The van der Waals surface area contributed by atoms with Gasteiger partial charge in [0.05, 0.1) is 17.4 Å². The van der Waals surface area contributed by atoms with E-state index in [9.17, 15) is 22.8 Å². The highest BCUT2D eigenvalue weighted by molar-refractivity contribution is 7.91. The molecule has 2 saturated heterocycles. The fraction of sp³-hybridized carbons (Fsp3) is 0.571. The van der Waals surface area contributed by atoms with Gasteiger partial charge in [-0.25, -0.2) is 13.2 Å². The number of likely N-dealkylation sites (tertiary alicyclic amines) is 1. The summed E-state index contributed by atoms with van der Waals surface area (Å²) >= 11 is 0. The molecule has 31 heavy (non-hydrogen) atoms. The molecule has 0 aromatic heterocycles. The summed E-state index contributed by atoms with van der Waals surface area (Å²) < 4.78 is 28.7. The number of nitrogens with zero attached hydrogens (tertiary/aromatic N) is 2. The maximum Gasteiger partial charge on any atom is 0.321 e. The van der Waals surface area contributed by atoms with Crippen LogP contribution in [0.15, 0.2) is 30.3 Å². The SMILES string of the molecule is C[C@H](OC(=O)[C@H]1CCCN(C(=O)Nc2ccccc2)C1)C(=O)N(C)[C@H]1CCS(=O)(=O)C1. The molecule has 3 amide bonds. The minimum Gasteiger partial charge on any atom is -0.452 e. The van der Waals surface area contributed by atoms with Crippen LogP contribution in [-0.4, -0.2) is 79.9 Å². The summed E-state index contributed by atoms with van der Waals surface area (Å²) in [5, 5.41) is 2.81. The van der Waals surface area contributed by atoms with E-state index in [0.717, 1.165) is 0 Å². The van der Waals surface area contributed by atoms with Gasteiger partial charge in [-0.15, -0.1) is 0 Å². The fourth-order valence-corrected chi connectivity index (χ4v) is 5.72. The second-order valence-electron chi connectivity index (χ2n) is 8.17. The van der Waals surface area contributed by atoms with Crippen molar-refractivity contribution in [2.75, 3.05) is 37.0 Å². The van der Waals surface area contributed by atoms with E-state index in [1.165, 1.54) is 18.9 Å². The minimum absolute atomic E-state index is 0.0619. The average molecular weight is 452 g/mol. The Morgan fingerprint density at radius 1 is 1.19 bits per heavy atom. The quantitative estimate of drug-likeness (QED) is 0.679. The normalized spacial score (nSPS) is 23.6. The molecule has 2 fully saturated rings. The first-order chi connectivity index (χ1) is 14.7. The molecule has 9 nitrogen and oxygen atoms in total. The van der Waals surface area contributed by atoms with Gasteiger partial charge in [-0.05, 0) is 38.3 Å². The van der Waals surface area contributed by atoms with Gasteiger partial charge >= 0.3 is 12.0 Å². The number of hydrogen-bond donors (Lipinski definition) is 1. The van der Waals surface area contributed by atoms with Crippen LogP contribution < -0.4 is 5.32 Å². The molecule has 0 bridgehead atoms. The second-order valence-corrected chi connectivity index (χ2v) is 10.4. The van der Waals surface area contributed by atoms with E-state index >= 15 is 0 Å². The standard InChI is InChI=1S/C21H29N3O6S/c1-15(19(25)23(2)18-10-12-31(28,29)14-18)30-20(26)16-7-6-11-24(13-16)21(27)22-17-8-4-3-5-9-17/h3-5,8-9,15-16,18H,6-7,10-14H2,1-2H3,(H,22,27)/t15-,16-,18-/m0/s1. The lowest BCUT2D eigenvalue weighted by Crippen LogP contribution is -2.47. The number of hydrogen-bond acceptors (Lipinski definition) is 6. The number of anilines is 1. The van der Waals surface area contributed by atoms with Crippen LogP contribution in [0.1, 0.15) is 26.2 Å². The van der Waals surface area contributed by atoms with Crippen LogP contribution in [0.4, 0.5) is 10.5 Å². The number of rotatable bonds is 5. The number of benzene rings is 1. The van der Waals surface area contributed by atoms with E-state index in [-0.39, 0.29) is 24.1 Å². The number of likely N-dealkylation sites (N-methyl/N-ethyl adjacent to an activating group) is 1. The van der Waals surface area contributed by atoms with Gasteiger partial charge in [-0.2, -0.15) is 0 Å². The topological polar surface area (TPSA) is 113 Å². The summed E-state index contributed by atoms with van der Waals surface area (Å²) in [4.78, 5) is 40.7. The predicted octanol–water partition coefficient (Wildman–Crippen LogP) is 1.51. The Labute approximate surface area is 182 Å². The predicted molar refractivity (Wildman–Crippen MR) is 115 cm³/mol. The smallest absolute Gasteiger partial charge is 0.321 e. The van der Waals surface area contributed by atoms with Crippen molar-refractivity contribution in [3.05, 3.63) is 30.3 Å². The van der Waals surface area contributed by atoms with Gasteiger partial charge in [0.2, 0.25) is 0 Å². The first-order valence-corrected chi connectivity index (χ1v) is 12.3. The van der Waals surface area contributed by atoms with Crippen LogP contribution in [0.2, 0.25) is 0 Å². The third-order valence-corrected chi connectivity index (χ3v) is 7.56. The molecule has 0 radical (unpaired) electrons. The summed E-state index contributed by atoms with van der Waals surface area (Å²) in [5.41, 5.74) is 0.674. The lowest BCUT2D eigenvalue weighted by Gasteiger charge is -2.32. The van der Waals surface area contributed by atoms with Crippen molar-refractivity contribution in [3.8, 4) is 0 Å². The van der Waals surface area contributed by atoms with Crippen LogP contribution in [0.3, 0.4) is 0 Å². The molecule has 0 aliphatic carbocycles. The van der Waals surface area contributed by atoms with E-state index in [1.54, 1.807) is 17.0 Å². The highest BCUT2D eigenvalue weighted by atomic mass is 32.2. The van der Waals surface area contributed by atoms with Crippen molar-refractivity contribution < 1.29 is 27.5 Å². The summed E-state index contributed by atoms with van der Waals surface area (Å²) in [5.74, 6) is -1.46. The Bertz CT molecular complexity index is 920. The number of ether oxygens (including phenoxy) is 1. The number of urea groups is 1. The van der Waals surface area contributed by atoms with E-state index in [1.807, 2.05) is 18.2 Å². The van der Waals surface area contributed by atoms with Crippen LogP contribution >= 0.6 is 0 Å². The van der Waals surface area contributed by atoms with Crippen molar-refractivity contribution in [1.82, 2.24) is 9.80 Å². The lowest BCUT2D eigenvalue weighted by atomic mass is 9.98. The second kappa shape index (κ2) is 9.67. The van der Waals surface area contributed by atoms with Crippen molar-refractivity contribution in [2.24, 2.45) is 5.92 Å². The zero-order chi connectivity index (χ0) is 22.6. The number of amides is 3. The molecular weight excluding hydrogens is 422 g/mol. The number of carbonyl (C=O) groups excluding carboxylic acids is 3. The largest absolute Gasteiger partial charge is 0.452 e. The number of carbonyl (C=O) groups is 3. The molecule has 170 valence electrons. The van der Waals surface area contributed by atoms with Crippen molar-refractivity contribution in [1.29, 1.82) is 0 Å². The average Bonchev–Trinajstić information content (AvgIpc) is 3.13. The molecule has 0 spiro atoms. The third-order valence-electron chi connectivity index (χ3n) is 5.81. The Hall–Kier alpha value is -2.62. The molecule has 1 aromatic carbocycles. The Kier molecular flexibility index (Phi) is 7.19. The Morgan fingerprint density at radius 2 is 1.90 bits per heavy atom. The lowest BCUT2D eigenvalue weighted by molar-refractivity contribution is -0.163. The van der Waals surface area contributed by atoms with E-state index in [2.05, 4.69) is 5.32 Å². The van der Waals surface area contributed by atoms with Crippen molar-refractivity contribution in [3.63, 3.8) is 0 Å². The van der Waals surface area contributed by atoms with E-state index in [4.69, 9.17) is 4.74 Å². The highest BCUT2D eigenvalue weighted by Crippen LogP contribution is 2.21. The molecule has 3 atom stereocenters. The summed E-state index contributed by atoms with van der Waals surface area (Å²) in [6, 6.07) is 8.39. The molecule has 2 aliphatic rings. The number of nitrogens with one attached hydrogen (secondary N) is 1. The summed E-state index contributed by atoms with van der Waals surface area (Å²) in [6.45, 7) is 2.24. The Balaban J connectivity index is 1.52. The van der Waals surface area contributed by atoms with Gasteiger partial charge < -0.3 is 19.9 Å². The number of sulfone groups is 1. The highest BCUT2D eigenvalue weighted by Gasteiger charge is 2.36. The molecule has 10 heteroatoms. The van der Waals surface area contributed by atoms with Crippen LogP contribution in [0.25, 0.3) is 0 Å². The monoisotopic (exact) mass is 451 g/mol. The Morgan fingerprint density at radius 3 is 2.55 bits per heavy atom. The van der Waals surface area contributed by atoms with E-state index in [0.29, 0.717) is 31.5 Å². The van der Waals surface area contributed by atoms with Crippen LogP contribution in [0, 0.1) is 5.92 Å². The maximum absolute atomic E-state index is 12.6. The number of esters is 1. The molecule has 2 aliphatic heterocycles. The van der Waals surface area contributed by atoms with Gasteiger partial charge in [0.15, 0.2) is 15.9 Å². The van der Waals surface area contributed by atoms with Gasteiger partial charge in [0, 0.05) is 31.9 Å². The van der Waals surface area contributed by atoms with Gasteiger partial charge in [-0.3, -0.25) is 9.59 Å².